The number of hydrogen-bond acceptors (Lipinski definition) is 4. The molecule has 31 heavy (non-hydrogen) atoms. The maximum absolute atomic E-state index is 15.0. The van der Waals surface area contributed by atoms with Crippen LogP contribution in [0.1, 0.15) is 44.5 Å². The number of hydrogen-bond donors (Lipinski definition) is 1. The van der Waals surface area contributed by atoms with Crippen LogP contribution in [-0.2, 0) is 13.0 Å². The highest BCUT2D eigenvalue weighted by atomic mass is 19.1. The first-order valence-electron chi connectivity index (χ1n) is 10.4. The summed E-state index contributed by atoms with van der Waals surface area (Å²) in [5, 5.41) is 14.5. The fourth-order valence-corrected chi connectivity index (χ4v) is 3.87. The monoisotopic (exact) mass is 420 g/mol. The summed E-state index contributed by atoms with van der Waals surface area (Å²) < 4.78 is 17.8. The lowest BCUT2D eigenvalue weighted by Gasteiger charge is -2.11. The van der Waals surface area contributed by atoms with Gasteiger partial charge in [-0.25, -0.2) is 4.79 Å². The summed E-state index contributed by atoms with van der Waals surface area (Å²) in [6.07, 6.45) is 1.25. The van der Waals surface area contributed by atoms with Crippen molar-refractivity contribution < 1.29 is 4.39 Å². The number of benzene rings is 2. The third kappa shape index (κ3) is 3.93. The number of halogens is 1. The number of nitrogens with zero attached hydrogens (tertiary/aromatic N) is 5. The Morgan fingerprint density at radius 2 is 1.87 bits per heavy atom. The van der Waals surface area contributed by atoms with E-state index in [1.807, 2.05) is 69.3 Å². The fourth-order valence-electron chi connectivity index (χ4n) is 3.87. The van der Waals surface area contributed by atoms with Crippen LogP contribution in [0.4, 0.5) is 4.39 Å². The fraction of sp³-hybridized carbons (Fsp3) is 0.304. The van der Waals surface area contributed by atoms with Crippen molar-refractivity contribution in [1.29, 1.82) is 0 Å². The Hall–Kier alpha value is -3.55. The zero-order chi connectivity index (χ0) is 22.0. The van der Waals surface area contributed by atoms with Gasteiger partial charge >= 0.3 is 5.69 Å². The van der Waals surface area contributed by atoms with Gasteiger partial charge in [-0.3, -0.25) is 9.13 Å². The summed E-state index contributed by atoms with van der Waals surface area (Å²) in [7, 11) is 0. The molecule has 4 rings (SSSR count). The molecule has 7 nitrogen and oxygen atoms in total. The second kappa shape index (κ2) is 8.67. The van der Waals surface area contributed by atoms with Crippen molar-refractivity contribution in [2.45, 2.75) is 46.2 Å². The van der Waals surface area contributed by atoms with E-state index in [0.717, 1.165) is 28.7 Å². The standard InChI is InChI=1S/C23H25FN6O/c1-4-8-20-21(24)30(15(2)3)23(31)29(20)14-16-11-12-18(17-9-6-5-7-10-17)19(13-16)22-25-27-28-26-22/h5-7,9-13,15H,4,8,14H2,1-3H3,(H,25,26,27,28). The van der Waals surface area contributed by atoms with Crippen LogP contribution in [0.2, 0.25) is 0 Å². The van der Waals surface area contributed by atoms with E-state index in [4.69, 9.17) is 0 Å². The molecule has 0 bridgehead atoms. The van der Waals surface area contributed by atoms with Gasteiger partial charge in [-0.1, -0.05) is 55.8 Å². The quantitative estimate of drug-likeness (QED) is 0.485. The van der Waals surface area contributed by atoms with Crippen LogP contribution in [0.15, 0.2) is 53.3 Å². The number of H-pyrrole nitrogens is 1. The van der Waals surface area contributed by atoms with E-state index in [1.165, 1.54) is 9.13 Å². The van der Waals surface area contributed by atoms with Gasteiger partial charge in [0.2, 0.25) is 11.8 Å². The van der Waals surface area contributed by atoms with Crippen LogP contribution in [0, 0.1) is 5.95 Å². The number of aromatic nitrogens is 6. The maximum atomic E-state index is 15.0. The largest absolute Gasteiger partial charge is 0.331 e. The predicted octanol–water partition coefficient (Wildman–Crippen LogP) is 4.22. The molecule has 2 heterocycles. The number of tetrazole rings is 1. The smallest absolute Gasteiger partial charge is 0.289 e. The van der Waals surface area contributed by atoms with Gasteiger partial charge in [-0.15, -0.1) is 10.2 Å². The molecular weight excluding hydrogens is 395 g/mol. The zero-order valence-electron chi connectivity index (χ0n) is 17.8. The number of rotatable bonds is 7. The lowest BCUT2D eigenvalue weighted by atomic mass is 9.97. The Morgan fingerprint density at radius 3 is 2.52 bits per heavy atom. The zero-order valence-corrected chi connectivity index (χ0v) is 17.8. The average Bonchev–Trinajstić information content (AvgIpc) is 3.38. The normalized spacial score (nSPS) is 11.4. The molecular formula is C23H25FN6O. The van der Waals surface area contributed by atoms with Gasteiger partial charge in [0.05, 0.1) is 12.2 Å². The summed E-state index contributed by atoms with van der Waals surface area (Å²) in [6, 6.07) is 15.6. The van der Waals surface area contributed by atoms with Crippen LogP contribution < -0.4 is 5.69 Å². The van der Waals surface area contributed by atoms with Crippen LogP contribution in [0.25, 0.3) is 22.5 Å². The molecule has 1 N–H and O–H groups in total. The molecule has 0 aliphatic rings. The molecule has 2 aromatic carbocycles. The van der Waals surface area contributed by atoms with Crippen molar-refractivity contribution in [2.24, 2.45) is 0 Å². The van der Waals surface area contributed by atoms with Gasteiger partial charge in [0.15, 0.2) is 0 Å². The van der Waals surface area contributed by atoms with Crippen molar-refractivity contribution in [3.8, 4) is 22.5 Å². The first kappa shape index (κ1) is 20.7. The molecule has 160 valence electrons. The molecule has 0 fully saturated rings. The molecule has 0 aliphatic heterocycles. The maximum Gasteiger partial charge on any atom is 0.331 e. The minimum absolute atomic E-state index is 0.250. The molecule has 0 radical (unpaired) electrons. The Labute approximate surface area is 179 Å². The van der Waals surface area contributed by atoms with Crippen molar-refractivity contribution in [3.63, 3.8) is 0 Å². The van der Waals surface area contributed by atoms with Crippen LogP contribution >= 0.6 is 0 Å². The van der Waals surface area contributed by atoms with Gasteiger partial charge < -0.3 is 0 Å². The summed E-state index contributed by atoms with van der Waals surface area (Å²) in [6.45, 7) is 5.87. The van der Waals surface area contributed by atoms with Gasteiger partial charge in [0.25, 0.3) is 0 Å². The first-order chi connectivity index (χ1) is 15.0. The van der Waals surface area contributed by atoms with E-state index in [-0.39, 0.29) is 18.3 Å². The van der Waals surface area contributed by atoms with Crippen LogP contribution in [0.3, 0.4) is 0 Å². The van der Waals surface area contributed by atoms with Crippen LogP contribution in [-0.4, -0.2) is 29.8 Å². The molecule has 0 saturated carbocycles. The van der Waals surface area contributed by atoms with Crippen molar-refractivity contribution in [2.75, 3.05) is 0 Å². The summed E-state index contributed by atoms with van der Waals surface area (Å²) >= 11 is 0. The summed E-state index contributed by atoms with van der Waals surface area (Å²) in [5.74, 6) is 0.0221. The van der Waals surface area contributed by atoms with Gasteiger partial charge in [-0.2, -0.15) is 9.60 Å². The predicted molar refractivity (Wildman–Crippen MR) is 117 cm³/mol. The molecule has 2 aromatic heterocycles. The number of imidazole rings is 1. The minimum atomic E-state index is -0.443. The molecule has 0 saturated heterocycles. The average molecular weight is 420 g/mol. The SMILES string of the molecule is CCCc1c(F)n(C(C)C)c(=O)n1Cc1ccc(-c2ccccc2)c(-c2nn[nH]n2)c1. The van der Waals surface area contributed by atoms with E-state index in [0.29, 0.717) is 17.9 Å². The highest BCUT2D eigenvalue weighted by molar-refractivity contribution is 5.80. The first-order valence-corrected chi connectivity index (χ1v) is 10.4. The third-order valence-corrected chi connectivity index (χ3v) is 5.31. The third-order valence-electron chi connectivity index (χ3n) is 5.31. The summed E-state index contributed by atoms with van der Waals surface area (Å²) in [5.41, 5.74) is 3.75. The Bertz CT molecular complexity index is 1230. The van der Waals surface area contributed by atoms with Gasteiger partial charge in [0, 0.05) is 11.6 Å². The van der Waals surface area contributed by atoms with E-state index >= 15 is 0 Å². The van der Waals surface area contributed by atoms with E-state index in [1.54, 1.807) is 0 Å². The van der Waals surface area contributed by atoms with Crippen molar-refractivity contribution >= 4 is 0 Å². The topological polar surface area (TPSA) is 81.4 Å². The highest BCUT2D eigenvalue weighted by Crippen LogP contribution is 2.31. The molecule has 0 atom stereocenters. The van der Waals surface area contributed by atoms with E-state index in [9.17, 15) is 9.18 Å². The van der Waals surface area contributed by atoms with Crippen molar-refractivity contribution in [1.82, 2.24) is 29.8 Å². The van der Waals surface area contributed by atoms with Crippen LogP contribution in [0.5, 0.6) is 0 Å². The molecule has 8 heteroatoms. The van der Waals surface area contributed by atoms with E-state index in [2.05, 4.69) is 20.6 Å². The summed E-state index contributed by atoms with van der Waals surface area (Å²) in [4.78, 5) is 13.0. The molecule has 0 unspecified atom stereocenters. The molecule has 0 spiro atoms. The lowest BCUT2D eigenvalue weighted by Crippen LogP contribution is -2.27. The number of nitrogens with one attached hydrogen (secondary N) is 1. The van der Waals surface area contributed by atoms with E-state index < -0.39 is 5.95 Å². The van der Waals surface area contributed by atoms with Gasteiger partial charge in [-0.05, 0) is 48.2 Å². The molecule has 0 amide bonds. The Kier molecular flexibility index (Phi) is 5.79. The van der Waals surface area contributed by atoms with Crippen molar-refractivity contribution in [3.05, 3.63) is 76.2 Å². The molecule has 4 aromatic rings. The number of aromatic amines is 1. The Morgan fingerprint density at radius 1 is 1.10 bits per heavy atom. The van der Waals surface area contributed by atoms with Gasteiger partial charge in [0.1, 0.15) is 0 Å². The minimum Gasteiger partial charge on any atom is -0.289 e. The Balaban J connectivity index is 1.82. The second-order valence-electron chi connectivity index (χ2n) is 7.80. The lowest BCUT2D eigenvalue weighted by molar-refractivity contribution is 0.441. The second-order valence-corrected chi connectivity index (χ2v) is 7.80. The highest BCUT2D eigenvalue weighted by Gasteiger charge is 2.22. The molecule has 0 aliphatic carbocycles.